The molecule has 1 fully saturated rings. The van der Waals surface area contributed by atoms with Crippen molar-refractivity contribution in [3.8, 4) is 5.75 Å². The zero-order valence-corrected chi connectivity index (χ0v) is 38.0. The van der Waals surface area contributed by atoms with Crippen LogP contribution in [0.15, 0.2) is 89.3 Å². The maximum Gasteiger partial charge on any atom is 0.192 e. The van der Waals surface area contributed by atoms with Crippen molar-refractivity contribution in [3.05, 3.63) is 102 Å². The minimum Gasteiger partial charge on any atom is -0.487 e. The molecule has 5 atom stereocenters. The molecule has 2 N–H and O–H groups in total. The Balaban J connectivity index is 1.51. The molecule has 0 amide bonds. The molecule has 3 aromatic carbocycles. The fraction of sp³-hybridized carbons (Fsp3) is 0.565. The molecule has 2 heterocycles. The van der Waals surface area contributed by atoms with E-state index in [1.165, 1.54) is 0 Å². The quantitative estimate of drug-likeness (QED) is 0.0853. The van der Waals surface area contributed by atoms with Crippen LogP contribution in [-0.4, -0.2) is 70.1 Å². The molecule has 56 heavy (non-hydrogen) atoms. The van der Waals surface area contributed by atoms with Gasteiger partial charge in [-0.3, -0.25) is 0 Å². The fourth-order valence-electron chi connectivity index (χ4n) is 7.00. The van der Waals surface area contributed by atoms with Gasteiger partial charge in [-0.1, -0.05) is 108 Å². The molecular weight excluding hydrogens is 737 g/mol. The van der Waals surface area contributed by atoms with Crippen molar-refractivity contribution in [3.63, 3.8) is 0 Å². The first-order valence-electron chi connectivity index (χ1n) is 20.2. The average Bonchev–Trinajstić information content (AvgIpc) is 3.61. The lowest BCUT2D eigenvalue weighted by Crippen LogP contribution is -2.68. The van der Waals surface area contributed by atoms with Crippen LogP contribution in [0.2, 0.25) is 36.3 Å². The van der Waals surface area contributed by atoms with Gasteiger partial charge in [-0.05, 0) is 79.3 Å². The van der Waals surface area contributed by atoms with Crippen LogP contribution in [-0.2, 0) is 37.0 Å². The molecule has 4 aromatic rings. The zero-order chi connectivity index (χ0) is 41.2. The van der Waals surface area contributed by atoms with E-state index in [-0.39, 0.29) is 28.4 Å². The molecule has 5 rings (SSSR count). The van der Waals surface area contributed by atoms with E-state index in [0.29, 0.717) is 38.4 Å². The van der Waals surface area contributed by atoms with Gasteiger partial charge in [-0.2, -0.15) is 0 Å². The Labute approximate surface area is 338 Å². The zero-order valence-electron chi connectivity index (χ0n) is 36.0. The van der Waals surface area contributed by atoms with Gasteiger partial charge >= 0.3 is 0 Å². The summed E-state index contributed by atoms with van der Waals surface area (Å²) in [6.45, 7) is 27.2. The highest BCUT2D eigenvalue weighted by molar-refractivity contribution is 6.74. The number of hydrogen-bond donors (Lipinski definition) is 2. The van der Waals surface area contributed by atoms with Crippen molar-refractivity contribution in [1.29, 1.82) is 0 Å². The summed E-state index contributed by atoms with van der Waals surface area (Å²) in [4.78, 5) is 0. The van der Waals surface area contributed by atoms with Gasteiger partial charge in [0.1, 0.15) is 40.2 Å². The number of aliphatic hydroxyl groups is 2. The summed E-state index contributed by atoms with van der Waals surface area (Å²) in [5.41, 5.74) is -2.74. The minimum atomic E-state index is -2.34. The van der Waals surface area contributed by atoms with Crippen molar-refractivity contribution >= 4 is 27.4 Å². The van der Waals surface area contributed by atoms with Crippen LogP contribution in [0.1, 0.15) is 85.3 Å². The van der Waals surface area contributed by atoms with Crippen LogP contribution >= 0.6 is 0 Å². The number of aliphatic hydroxyl groups excluding tert-OH is 1. The second kappa shape index (κ2) is 16.8. The van der Waals surface area contributed by atoms with E-state index in [2.05, 4.69) is 92.9 Å². The Hall–Kier alpha value is -2.81. The Bertz CT molecular complexity index is 1870. The Kier molecular flexibility index (Phi) is 13.3. The van der Waals surface area contributed by atoms with E-state index >= 15 is 0 Å². The molecule has 0 spiro atoms. The third-order valence-corrected chi connectivity index (χ3v) is 21.6. The van der Waals surface area contributed by atoms with Crippen molar-refractivity contribution < 1.29 is 37.7 Å². The summed E-state index contributed by atoms with van der Waals surface area (Å²) in [6.07, 6.45) is 0.0288. The van der Waals surface area contributed by atoms with E-state index in [4.69, 9.17) is 27.5 Å². The third-order valence-electron chi connectivity index (χ3n) is 12.7. The predicted octanol–water partition coefficient (Wildman–Crippen LogP) is 10.6. The molecule has 308 valence electrons. The van der Waals surface area contributed by atoms with Gasteiger partial charge in [0.15, 0.2) is 16.6 Å². The maximum absolute atomic E-state index is 12.4. The van der Waals surface area contributed by atoms with Gasteiger partial charge in [-0.25, -0.2) is 0 Å². The van der Waals surface area contributed by atoms with Gasteiger partial charge in [0.25, 0.3) is 0 Å². The fourth-order valence-corrected chi connectivity index (χ4v) is 9.49. The van der Waals surface area contributed by atoms with Crippen molar-refractivity contribution in [2.75, 3.05) is 19.8 Å². The van der Waals surface area contributed by atoms with E-state index in [1.54, 1.807) is 6.07 Å². The van der Waals surface area contributed by atoms with Crippen LogP contribution < -0.4 is 4.74 Å². The van der Waals surface area contributed by atoms with Crippen LogP contribution in [0.5, 0.6) is 5.75 Å². The normalized spacial score (nSPS) is 23.6. The second-order valence-electron chi connectivity index (χ2n) is 19.4. The monoisotopic (exact) mass is 804 g/mol. The van der Waals surface area contributed by atoms with E-state index in [0.717, 1.165) is 22.1 Å². The van der Waals surface area contributed by atoms with Gasteiger partial charge in [-0.15, -0.1) is 0 Å². The first kappa shape index (κ1) is 44.3. The molecule has 1 saturated heterocycles. The van der Waals surface area contributed by atoms with Crippen molar-refractivity contribution in [2.24, 2.45) is 0 Å². The van der Waals surface area contributed by atoms with Crippen LogP contribution in [0.3, 0.4) is 0 Å². The molecule has 1 aliphatic rings. The summed E-state index contributed by atoms with van der Waals surface area (Å²) >= 11 is 0. The number of benzene rings is 3. The molecule has 0 bridgehead atoms. The van der Waals surface area contributed by atoms with Crippen molar-refractivity contribution in [2.45, 2.75) is 147 Å². The smallest absolute Gasteiger partial charge is 0.192 e. The number of rotatable bonds is 16. The summed E-state index contributed by atoms with van der Waals surface area (Å²) in [5, 5.41) is 25.4. The highest BCUT2D eigenvalue weighted by Gasteiger charge is 2.59. The number of ether oxygens (including phenoxy) is 3. The van der Waals surface area contributed by atoms with Gasteiger partial charge in [0.2, 0.25) is 0 Å². The van der Waals surface area contributed by atoms with E-state index in [9.17, 15) is 10.2 Å². The lowest BCUT2D eigenvalue weighted by molar-refractivity contribution is -0.278. The third kappa shape index (κ3) is 10.1. The molecular formula is C46H68O8Si2. The SMILES string of the molecule is CC(C)(C)[Si](C)(C)OC[C@@]1(C)O[C@@](C)(C[C@](O)(CO)c2ccc(CCOCc3ccccc3)o2)[C@H](Oc2cccc3ccccc23)C[C@@H]1O[Si](C)(C)C(C)(C)C. The Morgan fingerprint density at radius 3 is 2.07 bits per heavy atom. The first-order valence-corrected chi connectivity index (χ1v) is 26.0. The predicted molar refractivity (Wildman–Crippen MR) is 230 cm³/mol. The van der Waals surface area contributed by atoms with E-state index < -0.39 is 46.1 Å². The second-order valence-corrected chi connectivity index (χ2v) is 28.9. The Morgan fingerprint density at radius 2 is 1.41 bits per heavy atom. The van der Waals surface area contributed by atoms with Gasteiger partial charge < -0.3 is 37.7 Å². The lowest BCUT2D eigenvalue weighted by Gasteiger charge is -2.56. The molecule has 1 aliphatic heterocycles. The van der Waals surface area contributed by atoms with Crippen LogP contribution in [0.25, 0.3) is 10.8 Å². The first-order chi connectivity index (χ1) is 26.0. The van der Waals surface area contributed by atoms with Gasteiger partial charge in [0, 0.05) is 24.6 Å². The highest BCUT2D eigenvalue weighted by Crippen LogP contribution is 2.49. The van der Waals surface area contributed by atoms with Crippen LogP contribution in [0.4, 0.5) is 0 Å². The lowest BCUT2D eigenvalue weighted by atomic mass is 9.76. The summed E-state index contributed by atoms with van der Waals surface area (Å²) in [6, 6.07) is 27.8. The number of fused-ring (bicyclic) bond motifs is 1. The number of hydrogen-bond acceptors (Lipinski definition) is 8. The standard InChI is InChI=1S/C46H68O8Si2/c1-42(2,3)55(9,10)50-33-45(8)41(53-56(11,12)43(4,5)6)29-40(52-38-24-18-22-35-21-16-17-23-37(35)38)44(7,54-45)31-46(48,32-47)39-26-25-36(51-39)27-28-49-30-34-19-14-13-15-20-34/h13-26,40-41,47-48H,27-33H2,1-12H3/t40-,41+,44+,45-,46+/m1/s1. The molecule has 0 aliphatic carbocycles. The average molecular weight is 805 g/mol. The molecule has 10 heteroatoms. The largest absolute Gasteiger partial charge is 0.487 e. The number of furan rings is 1. The topological polar surface area (TPSA) is 99.8 Å². The molecule has 0 saturated carbocycles. The maximum atomic E-state index is 12.4. The summed E-state index contributed by atoms with van der Waals surface area (Å²) < 4.78 is 40.9. The summed E-state index contributed by atoms with van der Waals surface area (Å²) in [5.74, 6) is 1.65. The van der Waals surface area contributed by atoms with Gasteiger partial charge in [0.05, 0.1) is 32.5 Å². The molecule has 8 nitrogen and oxygen atoms in total. The highest BCUT2D eigenvalue weighted by atomic mass is 28.4. The van der Waals surface area contributed by atoms with Crippen molar-refractivity contribution in [1.82, 2.24) is 0 Å². The summed E-state index contributed by atoms with van der Waals surface area (Å²) in [7, 11) is -4.56. The minimum absolute atomic E-state index is 0.00805. The van der Waals surface area contributed by atoms with Crippen LogP contribution in [0, 0.1) is 0 Å². The Morgan fingerprint density at radius 1 is 0.768 bits per heavy atom. The van der Waals surface area contributed by atoms with E-state index in [1.807, 2.05) is 67.6 Å². The molecule has 1 aromatic heterocycles. The molecule has 0 unspecified atom stereocenters. The molecule has 0 radical (unpaired) electrons.